The van der Waals surface area contributed by atoms with Crippen LogP contribution < -0.4 is 5.73 Å². The van der Waals surface area contributed by atoms with Crippen LogP contribution >= 0.6 is 0 Å². The summed E-state index contributed by atoms with van der Waals surface area (Å²) in [5.74, 6) is 0.580. The molecule has 0 aliphatic heterocycles. The van der Waals surface area contributed by atoms with Gasteiger partial charge in [-0.1, -0.05) is 56.3 Å². The van der Waals surface area contributed by atoms with Crippen LogP contribution in [0.4, 0.5) is 0 Å². The lowest BCUT2D eigenvalue weighted by Gasteiger charge is -2.13. The SMILES string of the molecule is CC(C)CC(N)C(=O)Cc1cccc2ccccc12. The van der Waals surface area contributed by atoms with Gasteiger partial charge in [-0.15, -0.1) is 0 Å². The zero-order valence-corrected chi connectivity index (χ0v) is 11.6. The largest absolute Gasteiger partial charge is 0.321 e. The van der Waals surface area contributed by atoms with Crippen molar-refractivity contribution in [3.05, 3.63) is 48.0 Å². The van der Waals surface area contributed by atoms with Crippen molar-refractivity contribution in [2.45, 2.75) is 32.7 Å². The Morgan fingerprint density at radius 1 is 1.11 bits per heavy atom. The van der Waals surface area contributed by atoms with E-state index in [-0.39, 0.29) is 11.8 Å². The molecular weight excluding hydrogens is 234 g/mol. The second-order valence-electron chi connectivity index (χ2n) is 5.52. The molecule has 0 aromatic heterocycles. The van der Waals surface area contributed by atoms with Crippen molar-refractivity contribution in [1.82, 2.24) is 0 Å². The van der Waals surface area contributed by atoms with E-state index in [1.807, 2.05) is 24.3 Å². The van der Waals surface area contributed by atoms with Gasteiger partial charge < -0.3 is 5.73 Å². The Hall–Kier alpha value is -1.67. The number of ketones is 1. The molecular formula is C17H21NO. The molecule has 0 aliphatic rings. The second kappa shape index (κ2) is 5.98. The van der Waals surface area contributed by atoms with E-state index in [1.54, 1.807) is 0 Å². The van der Waals surface area contributed by atoms with Gasteiger partial charge in [-0.3, -0.25) is 4.79 Å². The fourth-order valence-corrected chi connectivity index (χ4v) is 2.40. The second-order valence-corrected chi connectivity index (χ2v) is 5.52. The van der Waals surface area contributed by atoms with E-state index in [0.29, 0.717) is 12.3 Å². The minimum absolute atomic E-state index is 0.130. The highest BCUT2D eigenvalue weighted by atomic mass is 16.1. The lowest BCUT2D eigenvalue weighted by atomic mass is 9.94. The third-order valence-electron chi connectivity index (χ3n) is 3.38. The van der Waals surface area contributed by atoms with E-state index < -0.39 is 0 Å². The van der Waals surface area contributed by atoms with Crippen LogP contribution in [0.25, 0.3) is 10.8 Å². The number of hydrogen-bond acceptors (Lipinski definition) is 2. The molecule has 0 radical (unpaired) electrons. The molecule has 0 fully saturated rings. The van der Waals surface area contributed by atoms with Gasteiger partial charge in [0.2, 0.25) is 0 Å². The molecule has 0 amide bonds. The average molecular weight is 255 g/mol. The van der Waals surface area contributed by atoms with Crippen molar-refractivity contribution in [3.63, 3.8) is 0 Å². The van der Waals surface area contributed by atoms with Gasteiger partial charge in [-0.05, 0) is 28.7 Å². The molecule has 1 atom stereocenters. The maximum Gasteiger partial charge on any atom is 0.153 e. The highest BCUT2D eigenvalue weighted by Crippen LogP contribution is 2.19. The molecule has 0 aliphatic carbocycles. The minimum Gasteiger partial charge on any atom is -0.321 e. The molecule has 2 N–H and O–H groups in total. The first-order valence-corrected chi connectivity index (χ1v) is 6.83. The summed E-state index contributed by atoms with van der Waals surface area (Å²) in [6.45, 7) is 4.18. The Bertz CT molecular complexity index is 569. The van der Waals surface area contributed by atoms with Crippen molar-refractivity contribution < 1.29 is 4.79 Å². The van der Waals surface area contributed by atoms with Crippen LogP contribution in [0.1, 0.15) is 25.8 Å². The highest BCUT2D eigenvalue weighted by Gasteiger charge is 2.16. The molecule has 0 heterocycles. The van der Waals surface area contributed by atoms with E-state index in [9.17, 15) is 4.79 Å². The van der Waals surface area contributed by atoms with Crippen molar-refractivity contribution in [2.24, 2.45) is 11.7 Å². The zero-order chi connectivity index (χ0) is 13.8. The van der Waals surface area contributed by atoms with Gasteiger partial charge in [0.15, 0.2) is 5.78 Å². The number of benzene rings is 2. The van der Waals surface area contributed by atoms with Crippen LogP contribution in [0.5, 0.6) is 0 Å². The summed E-state index contributed by atoms with van der Waals surface area (Å²) in [5, 5.41) is 2.32. The Labute approximate surface area is 114 Å². The Balaban J connectivity index is 2.19. The third-order valence-corrected chi connectivity index (χ3v) is 3.38. The van der Waals surface area contributed by atoms with Crippen molar-refractivity contribution in [2.75, 3.05) is 0 Å². The van der Waals surface area contributed by atoms with Crippen LogP contribution in [0.3, 0.4) is 0 Å². The molecule has 2 rings (SSSR count). The summed E-state index contributed by atoms with van der Waals surface area (Å²) in [4.78, 5) is 12.2. The van der Waals surface area contributed by atoms with E-state index in [4.69, 9.17) is 5.73 Å². The van der Waals surface area contributed by atoms with Gasteiger partial charge in [0.1, 0.15) is 0 Å². The van der Waals surface area contributed by atoms with Gasteiger partial charge in [-0.2, -0.15) is 0 Å². The van der Waals surface area contributed by atoms with Crippen LogP contribution in [0.15, 0.2) is 42.5 Å². The van der Waals surface area contributed by atoms with Gasteiger partial charge in [0.25, 0.3) is 0 Å². The van der Waals surface area contributed by atoms with Crippen LogP contribution in [-0.2, 0) is 11.2 Å². The smallest absolute Gasteiger partial charge is 0.153 e. The summed E-state index contributed by atoms with van der Waals surface area (Å²) < 4.78 is 0. The third kappa shape index (κ3) is 3.42. The standard InChI is InChI=1S/C17H21NO/c1-12(2)10-16(18)17(19)11-14-8-5-7-13-6-3-4-9-15(13)14/h3-9,12,16H,10-11,18H2,1-2H3. The fourth-order valence-electron chi connectivity index (χ4n) is 2.40. The monoisotopic (exact) mass is 255 g/mol. The van der Waals surface area contributed by atoms with E-state index >= 15 is 0 Å². The molecule has 0 bridgehead atoms. The number of rotatable bonds is 5. The van der Waals surface area contributed by atoms with E-state index in [1.165, 1.54) is 5.39 Å². The van der Waals surface area contributed by atoms with Crippen LogP contribution in [0.2, 0.25) is 0 Å². The number of Topliss-reactive ketones (excluding diaryl/α,β-unsaturated/α-hetero) is 1. The topological polar surface area (TPSA) is 43.1 Å². The van der Waals surface area contributed by atoms with E-state index in [0.717, 1.165) is 17.4 Å². The predicted octanol–water partition coefficient (Wildman–Crippen LogP) is 3.32. The molecule has 2 aromatic rings. The number of fused-ring (bicyclic) bond motifs is 1. The molecule has 2 nitrogen and oxygen atoms in total. The molecule has 0 saturated heterocycles. The Morgan fingerprint density at radius 3 is 2.53 bits per heavy atom. The van der Waals surface area contributed by atoms with Crippen LogP contribution in [0, 0.1) is 5.92 Å². The predicted molar refractivity (Wildman–Crippen MR) is 80.1 cm³/mol. The maximum absolute atomic E-state index is 12.2. The lowest BCUT2D eigenvalue weighted by molar-refractivity contribution is -0.119. The normalized spacial score (nSPS) is 12.8. The summed E-state index contributed by atoms with van der Waals surface area (Å²) in [5.41, 5.74) is 7.03. The van der Waals surface area contributed by atoms with Crippen molar-refractivity contribution >= 4 is 16.6 Å². The highest BCUT2D eigenvalue weighted by molar-refractivity contribution is 5.92. The molecule has 0 saturated carbocycles. The Morgan fingerprint density at radius 2 is 1.79 bits per heavy atom. The molecule has 1 unspecified atom stereocenters. The molecule has 2 aromatic carbocycles. The first-order chi connectivity index (χ1) is 9.08. The van der Waals surface area contributed by atoms with E-state index in [2.05, 4.69) is 32.0 Å². The van der Waals surface area contributed by atoms with Gasteiger partial charge >= 0.3 is 0 Å². The first kappa shape index (κ1) is 13.8. The molecule has 19 heavy (non-hydrogen) atoms. The summed E-state index contributed by atoms with van der Waals surface area (Å²) in [6, 6.07) is 13.9. The van der Waals surface area contributed by atoms with Crippen molar-refractivity contribution in [1.29, 1.82) is 0 Å². The quantitative estimate of drug-likeness (QED) is 0.890. The summed E-state index contributed by atoms with van der Waals surface area (Å²) >= 11 is 0. The zero-order valence-electron chi connectivity index (χ0n) is 11.6. The Kier molecular flexibility index (Phi) is 4.33. The number of nitrogens with two attached hydrogens (primary N) is 1. The number of carbonyl (C=O) groups is 1. The van der Waals surface area contributed by atoms with Crippen molar-refractivity contribution in [3.8, 4) is 0 Å². The molecule has 0 spiro atoms. The lowest BCUT2D eigenvalue weighted by Crippen LogP contribution is -2.33. The number of carbonyl (C=O) groups excluding carboxylic acids is 1. The van der Waals surface area contributed by atoms with Gasteiger partial charge in [0, 0.05) is 6.42 Å². The minimum atomic E-state index is -0.348. The maximum atomic E-state index is 12.2. The summed E-state index contributed by atoms with van der Waals surface area (Å²) in [6.07, 6.45) is 1.18. The molecule has 100 valence electrons. The number of hydrogen-bond donors (Lipinski definition) is 1. The summed E-state index contributed by atoms with van der Waals surface area (Å²) in [7, 11) is 0. The van der Waals surface area contributed by atoms with Gasteiger partial charge in [-0.25, -0.2) is 0 Å². The average Bonchev–Trinajstić information content (AvgIpc) is 2.38. The first-order valence-electron chi connectivity index (χ1n) is 6.83. The van der Waals surface area contributed by atoms with Gasteiger partial charge in [0.05, 0.1) is 6.04 Å². The fraction of sp³-hybridized carbons (Fsp3) is 0.353. The molecule has 2 heteroatoms. The van der Waals surface area contributed by atoms with Crippen LogP contribution in [-0.4, -0.2) is 11.8 Å².